The molecule has 7 nitrogen and oxygen atoms in total. The number of hydrogen-bond acceptors (Lipinski definition) is 7. The summed E-state index contributed by atoms with van der Waals surface area (Å²) in [5.74, 6) is -2.12. The lowest BCUT2D eigenvalue weighted by molar-refractivity contribution is 0.0521. The van der Waals surface area contributed by atoms with Crippen molar-refractivity contribution in [2.75, 3.05) is 11.1 Å². The van der Waals surface area contributed by atoms with Crippen molar-refractivity contribution in [1.29, 1.82) is 0 Å². The molecule has 0 spiro atoms. The Morgan fingerprint density at radius 1 is 1.27 bits per heavy atom. The van der Waals surface area contributed by atoms with Crippen LogP contribution in [0.25, 0.3) is 10.6 Å². The minimum Gasteiger partial charge on any atom is -0.391 e. The van der Waals surface area contributed by atoms with Crippen molar-refractivity contribution in [3.63, 3.8) is 0 Å². The molecule has 0 bridgehead atoms. The van der Waals surface area contributed by atoms with Crippen molar-refractivity contribution < 1.29 is 18.7 Å². The van der Waals surface area contributed by atoms with Gasteiger partial charge in [0.2, 0.25) is 0 Å². The number of benzene rings is 1. The number of aromatic nitrogens is 2. The van der Waals surface area contributed by atoms with Crippen LogP contribution in [0.2, 0.25) is 0 Å². The lowest BCUT2D eigenvalue weighted by Gasteiger charge is -2.36. The molecule has 1 aliphatic carbocycles. The van der Waals surface area contributed by atoms with Gasteiger partial charge in [-0.2, -0.15) is 0 Å². The van der Waals surface area contributed by atoms with Crippen LogP contribution in [-0.4, -0.2) is 33.1 Å². The Balaban J connectivity index is 1.61. The largest absolute Gasteiger partial charge is 0.391 e. The Kier molecular flexibility index (Phi) is 6.42. The first-order valence-corrected chi connectivity index (χ1v) is 11.4. The monoisotopic (exact) mass is 473 g/mol. The quantitative estimate of drug-likeness (QED) is 0.456. The third kappa shape index (κ3) is 4.59. The molecule has 2 heterocycles. The van der Waals surface area contributed by atoms with Gasteiger partial charge in [0, 0.05) is 12.2 Å². The van der Waals surface area contributed by atoms with Crippen LogP contribution in [0.5, 0.6) is 0 Å². The van der Waals surface area contributed by atoms with Gasteiger partial charge in [0.1, 0.15) is 21.6 Å². The molecule has 1 amide bonds. The second kappa shape index (κ2) is 9.12. The number of hydrogen-bond donors (Lipinski definition) is 4. The molecule has 0 radical (unpaired) electrons. The maximum atomic E-state index is 14.4. The highest BCUT2D eigenvalue weighted by Gasteiger charge is 2.34. The average Bonchev–Trinajstić information content (AvgIpc) is 3.12. The molecule has 33 heavy (non-hydrogen) atoms. The van der Waals surface area contributed by atoms with E-state index < -0.39 is 23.6 Å². The summed E-state index contributed by atoms with van der Waals surface area (Å²) in [6.45, 7) is 3.52. The SMILES string of the molecule is Cc1cc(F)c(-c2nc(C(=O)Nc3cnccc3[C@H]3C[C@@H](N)[C@H](O)[C@@H](C)C3)c(N)s2)c(F)c1. The van der Waals surface area contributed by atoms with E-state index in [4.69, 9.17) is 11.5 Å². The van der Waals surface area contributed by atoms with Crippen molar-refractivity contribution in [2.24, 2.45) is 11.7 Å². The van der Waals surface area contributed by atoms with E-state index in [1.807, 2.05) is 13.0 Å². The lowest BCUT2D eigenvalue weighted by atomic mass is 9.74. The van der Waals surface area contributed by atoms with E-state index in [0.717, 1.165) is 16.9 Å². The van der Waals surface area contributed by atoms with Gasteiger partial charge >= 0.3 is 0 Å². The lowest BCUT2D eigenvalue weighted by Crippen LogP contribution is -2.44. The van der Waals surface area contributed by atoms with Crippen LogP contribution in [0.15, 0.2) is 30.6 Å². The molecule has 10 heteroatoms. The summed E-state index contributed by atoms with van der Waals surface area (Å²) >= 11 is 0.840. The number of nitrogens with one attached hydrogen (secondary N) is 1. The van der Waals surface area contributed by atoms with Gasteiger partial charge in [-0.1, -0.05) is 18.3 Å². The van der Waals surface area contributed by atoms with Crippen molar-refractivity contribution in [2.45, 2.75) is 44.8 Å². The summed E-state index contributed by atoms with van der Waals surface area (Å²) in [6, 6.07) is 3.84. The fraction of sp³-hybridized carbons (Fsp3) is 0.348. The van der Waals surface area contributed by atoms with Gasteiger partial charge in [-0.3, -0.25) is 9.78 Å². The van der Waals surface area contributed by atoms with E-state index in [2.05, 4.69) is 15.3 Å². The van der Waals surface area contributed by atoms with Crippen LogP contribution in [0.1, 0.15) is 47.3 Å². The number of carbonyl (C=O) groups excluding carboxylic acids is 1. The van der Waals surface area contributed by atoms with Crippen molar-refractivity contribution in [3.05, 3.63) is 59.0 Å². The number of nitrogen functional groups attached to an aromatic ring is 1. The Morgan fingerprint density at radius 2 is 1.97 bits per heavy atom. The van der Waals surface area contributed by atoms with E-state index >= 15 is 0 Å². The van der Waals surface area contributed by atoms with Crippen LogP contribution in [0, 0.1) is 24.5 Å². The number of thiazole rings is 1. The van der Waals surface area contributed by atoms with Gasteiger partial charge in [0.25, 0.3) is 5.91 Å². The summed E-state index contributed by atoms with van der Waals surface area (Å²) < 4.78 is 28.8. The highest BCUT2D eigenvalue weighted by molar-refractivity contribution is 7.19. The minimum absolute atomic E-state index is 0.00603. The number of anilines is 2. The third-order valence-electron chi connectivity index (χ3n) is 6.05. The summed E-state index contributed by atoms with van der Waals surface area (Å²) in [7, 11) is 0. The van der Waals surface area contributed by atoms with Gasteiger partial charge < -0.3 is 21.9 Å². The Labute approximate surface area is 193 Å². The second-order valence-electron chi connectivity index (χ2n) is 8.55. The molecule has 4 atom stereocenters. The Morgan fingerprint density at radius 3 is 2.64 bits per heavy atom. The normalized spacial score (nSPS) is 22.8. The standard InChI is InChI=1S/C23H25F2N5O2S/c1-10-5-14(24)18(15(25)6-10)23-30-19(21(27)33-23)22(32)29-17-9-28-4-3-13(17)12-7-11(2)20(31)16(26)8-12/h3-6,9,11-12,16,20,31H,7-8,26-27H2,1-2H3,(H,29,32)/t11-,12+,16+,20+/m0/s1. The number of aliphatic hydroxyl groups excluding tert-OH is 1. The van der Waals surface area contributed by atoms with E-state index in [1.54, 1.807) is 13.1 Å². The van der Waals surface area contributed by atoms with E-state index in [1.165, 1.54) is 18.3 Å². The van der Waals surface area contributed by atoms with Crippen molar-refractivity contribution >= 4 is 27.9 Å². The molecule has 3 aromatic rings. The molecule has 1 aromatic carbocycles. The molecule has 1 fully saturated rings. The predicted octanol–water partition coefficient (Wildman–Crippen LogP) is 3.83. The number of nitrogens with zero attached hydrogens (tertiary/aromatic N) is 2. The molecule has 2 aromatic heterocycles. The topological polar surface area (TPSA) is 127 Å². The number of aliphatic hydroxyl groups is 1. The molecule has 0 aliphatic heterocycles. The maximum absolute atomic E-state index is 14.4. The Bertz CT molecular complexity index is 1170. The zero-order chi connectivity index (χ0) is 23.9. The number of halogens is 2. The van der Waals surface area contributed by atoms with Crippen LogP contribution >= 0.6 is 11.3 Å². The molecule has 6 N–H and O–H groups in total. The third-order valence-corrected chi connectivity index (χ3v) is 6.95. The number of aryl methyl sites for hydroxylation is 1. The fourth-order valence-electron chi connectivity index (χ4n) is 4.38. The van der Waals surface area contributed by atoms with Gasteiger partial charge in [0.15, 0.2) is 5.69 Å². The fourth-order valence-corrected chi connectivity index (χ4v) is 5.26. The number of amides is 1. The van der Waals surface area contributed by atoms with E-state index in [9.17, 15) is 18.7 Å². The molecule has 1 aliphatic rings. The van der Waals surface area contributed by atoms with Gasteiger partial charge in [-0.25, -0.2) is 13.8 Å². The average molecular weight is 474 g/mol. The smallest absolute Gasteiger partial charge is 0.277 e. The molecule has 1 saturated carbocycles. The highest BCUT2D eigenvalue weighted by atomic mass is 32.1. The summed E-state index contributed by atoms with van der Waals surface area (Å²) in [4.78, 5) is 21.2. The summed E-state index contributed by atoms with van der Waals surface area (Å²) in [6.07, 6.45) is 3.85. The Hall–Kier alpha value is -2.95. The highest BCUT2D eigenvalue weighted by Crippen LogP contribution is 2.39. The maximum Gasteiger partial charge on any atom is 0.277 e. The molecule has 0 unspecified atom stereocenters. The van der Waals surface area contributed by atoms with E-state index in [0.29, 0.717) is 24.1 Å². The van der Waals surface area contributed by atoms with Crippen molar-refractivity contribution in [1.82, 2.24) is 9.97 Å². The zero-order valence-electron chi connectivity index (χ0n) is 18.2. The van der Waals surface area contributed by atoms with Crippen LogP contribution in [0.3, 0.4) is 0 Å². The number of carbonyl (C=O) groups is 1. The number of pyridine rings is 1. The van der Waals surface area contributed by atoms with Crippen molar-refractivity contribution in [3.8, 4) is 10.6 Å². The molecule has 4 rings (SSSR count). The molecular formula is C23H25F2N5O2S. The molecule has 0 saturated heterocycles. The predicted molar refractivity (Wildman–Crippen MR) is 124 cm³/mol. The van der Waals surface area contributed by atoms with Gasteiger partial charge in [-0.05, 0) is 60.9 Å². The van der Waals surface area contributed by atoms with Crippen LogP contribution < -0.4 is 16.8 Å². The molecular weight excluding hydrogens is 448 g/mol. The summed E-state index contributed by atoms with van der Waals surface area (Å²) in [5, 5.41) is 13.0. The zero-order valence-corrected chi connectivity index (χ0v) is 19.0. The first-order valence-electron chi connectivity index (χ1n) is 10.6. The van der Waals surface area contributed by atoms with Crippen LogP contribution in [0.4, 0.5) is 19.5 Å². The second-order valence-corrected chi connectivity index (χ2v) is 9.58. The first-order chi connectivity index (χ1) is 15.7. The summed E-state index contributed by atoms with van der Waals surface area (Å²) in [5.41, 5.74) is 13.4. The van der Waals surface area contributed by atoms with Gasteiger partial charge in [0.05, 0.1) is 23.6 Å². The van der Waals surface area contributed by atoms with Crippen LogP contribution in [-0.2, 0) is 0 Å². The molecule has 174 valence electrons. The van der Waals surface area contributed by atoms with Gasteiger partial charge in [-0.15, -0.1) is 0 Å². The first kappa shape index (κ1) is 23.2. The van der Waals surface area contributed by atoms with E-state index in [-0.39, 0.29) is 39.1 Å². The minimum atomic E-state index is -0.771. The number of nitrogens with two attached hydrogens (primary N) is 2. The number of rotatable bonds is 4.